The molecule has 1 saturated heterocycles. The molecule has 6 rings (SSSR count). The summed E-state index contributed by atoms with van der Waals surface area (Å²) in [5.41, 5.74) is 5.69. The molecule has 5 nitrogen and oxygen atoms in total. The highest BCUT2D eigenvalue weighted by atomic mass is 16.5. The summed E-state index contributed by atoms with van der Waals surface area (Å²) < 4.78 is 12.0. The van der Waals surface area contributed by atoms with Crippen LogP contribution < -0.4 is 14.8 Å². The molecule has 3 fully saturated rings. The number of benzene rings is 1. The van der Waals surface area contributed by atoms with Crippen LogP contribution in [-0.4, -0.2) is 49.8 Å². The Morgan fingerprint density at radius 2 is 2.03 bits per heavy atom. The SMILES string of the molecule is COc1cc2c(NCC3CC3)c3c(nc2cc1OCCCN1CCC2(CCC2)C1)CCC3. The second kappa shape index (κ2) is 8.40. The molecule has 1 spiro atoms. The predicted molar refractivity (Wildman–Crippen MR) is 129 cm³/mol. The van der Waals surface area contributed by atoms with Gasteiger partial charge in [0.1, 0.15) is 0 Å². The molecule has 1 aliphatic heterocycles. The summed E-state index contributed by atoms with van der Waals surface area (Å²) in [4.78, 5) is 7.68. The second-order valence-corrected chi connectivity index (χ2v) is 10.7. The van der Waals surface area contributed by atoms with Gasteiger partial charge in [0.15, 0.2) is 11.5 Å². The Labute approximate surface area is 191 Å². The van der Waals surface area contributed by atoms with Crippen molar-refractivity contribution in [2.24, 2.45) is 11.3 Å². The first-order chi connectivity index (χ1) is 15.7. The summed E-state index contributed by atoms with van der Waals surface area (Å²) in [6.07, 6.45) is 12.9. The number of hydrogen-bond donors (Lipinski definition) is 1. The van der Waals surface area contributed by atoms with E-state index in [1.807, 2.05) is 0 Å². The van der Waals surface area contributed by atoms with Crippen LogP contribution in [0, 0.1) is 11.3 Å². The number of nitrogens with zero attached hydrogens (tertiary/aromatic N) is 2. The molecule has 4 aliphatic rings. The Balaban J connectivity index is 1.16. The first-order valence-electron chi connectivity index (χ1n) is 12.9. The maximum absolute atomic E-state index is 6.24. The summed E-state index contributed by atoms with van der Waals surface area (Å²) in [6, 6.07) is 4.25. The molecule has 2 aromatic rings. The second-order valence-electron chi connectivity index (χ2n) is 10.7. The number of ether oxygens (including phenoxy) is 2. The van der Waals surface area contributed by atoms with Crippen molar-refractivity contribution < 1.29 is 9.47 Å². The fourth-order valence-electron chi connectivity index (χ4n) is 6.09. The van der Waals surface area contributed by atoms with E-state index in [0.29, 0.717) is 5.41 Å². The van der Waals surface area contributed by atoms with Crippen LogP contribution in [-0.2, 0) is 12.8 Å². The number of pyridine rings is 1. The molecule has 0 amide bonds. The molecule has 0 unspecified atom stereocenters. The van der Waals surface area contributed by atoms with E-state index in [1.165, 1.54) is 80.4 Å². The maximum Gasteiger partial charge on any atom is 0.163 e. The largest absolute Gasteiger partial charge is 0.493 e. The van der Waals surface area contributed by atoms with E-state index in [4.69, 9.17) is 14.5 Å². The van der Waals surface area contributed by atoms with E-state index in [1.54, 1.807) is 7.11 Å². The van der Waals surface area contributed by atoms with E-state index >= 15 is 0 Å². The standard InChI is InChI=1S/C27H37N3O2/c1-31-24-15-21-23(29-22-6-2-5-20(22)26(21)28-17-19-7-8-19)16-25(24)32-14-4-12-30-13-11-27(18-30)9-3-10-27/h15-16,19H,2-14,17-18H2,1H3,(H,28,29). The number of aryl methyl sites for hydroxylation is 1. The molecule has 5 heteroatoms. The van der Waals surface area contributed by atoms with Gasteiger partial charge >= 0.3 is 0 Å². The first kappa shape index (κ1) is 20.6. The smallest absolute Gasteiger partial charge is 0.163 e. The Morgan fingerprint density at radius 1 is 1.12 bits per heavy atom. The molecule has 2 saturated carbocycles. The van der Waals surface area contributed by atoms with Crippen molar-refractivity contribution in [2.45, 2.75) is 64.2 Å². The van der Waals surface area contributed by atoms with Gasteiger partial charge < -0.3 is 19.7 Å². The van der Waals surface area contributed by atoms with Gasteiger partial charge in [0.2, 0.25) is 0 Å². The number of aromatic nitrogens is 1. The highest BCUT2D eigenvalue weighted by Crippen LogP contribution is 2.48. The lowest BCUT2D eigenvalue weighted by Gasteiger charge is -2.38. The molecule has 0 radical (unpaired) electrons. The van der Waals surface area contributed by atoms with Gasteiger partial charge in [-0.25, -0.2) is 0 Å². The minimum absolute atomic E-state index is 0.680. The monoisotopic (exact) mass is 435 g/mol. The van der Waals surface area contributed by atoms with Gasteiger partial charge in [0.05, 0.1) is 19.2 Å². The summed E-state index contributed by atoms with van der Waals surface area (Å²) in [5, 5.41) is 4.96. The van der Waals surface area contributed by atoms with Crippen LogP contribution in [0.2, 0.25) is 0 Å². The maximum atomic E-state index is 6.24. The van der Waals surface area contributed by atoms with Gasteiger partial charge in [-0.2, -0.15) is 0 Å². The minimum atomic E-state index is 0.680. The van der Waals surface area contributed by atoms with Crippen LogP contribution in [0.1, 0.15) is 62.6 Å². The van der Waals surface area contributed by atoms with E-state index < -0.39 is 0 Å². The van der Waals surface area contributed by atoms with Gasteiger partial charge in [-0.3, -0.25) is 4.98 Å². The zero-order valence-corrected chi connectivity index (χ0v) is 19.5. The summed E-state index contributed by atoms with van der Waals surface area (Å²) in [5.74, 6) is 2.49. The van der Waals surface area contributed by atoms with Gasteiger partial charge in [0.25, 0.3) is 0 Å². The Morgan fingerprint density at radius 3 is 2.78 bits per heavy atom. The van der Waals surface area contributed by atoms with Crippen molar-refractivity contribution in [3.63, 3.8) is 0 Å². The van der Waals surface area contributed by atoms with Crippen molar-refractivity contribution in [1.82, 2.24) is 9.88 Å². The summed E-state index contributed by atoms with van der Waals surface area (Å²) in [7, 11) is 1.74. The molecule has 1 N–H and O–H groups in total. The van der Waals surface area contributed by atoms with E-state index in [-0.39, 0.29) is 0 Å². The summed E-state index contributed by atoms with van der Waals surface area (Å²) >= 11 is 0. The number of anilines is 1. The molecule has 0 atom stereocenters. The van der Waals surface area contributed by atoms with Gasteiger partial charge in [-0.1, -0.05) is 6.42 Å². The van der Waals surface area contributed by atoms with Crippen LogP contribution in [0.5, 0.6) is 11.5 Å². The molecule has 0 bridgehead atoms. The topological polar surface area (TPSA) is 46.6 Å². The zero-order valence-electron chi connectivity index (χ0n) is 19.5. The van der Waals surface area contributed by atoms with E-state index in [2.05, 4.69) is 22.3 Å². The lowest BCUT2D eigenvalue weighted by molar-refractivity contribution is 0.136. The fraction of sp³-hybridized carbons (Fsp3) is 0.667. The van der Waals surface area contributed by atoms with Crippen LogP contribution in [0.4, 0.5) is 5.69 Å². The van der Waals surface area contributed by atoms with Crippen molar-refractivity contribution in [3.05, 3.63) is 23.4 Å². The number of fused-ring (bicyclic) bond motifs is 2. The van der Waals surface area contributed by atoms with E-state index in [9.17, 15) is 0 Å². The van der Waals surface area contributed by atoms with E-state index in [0.717, 1.165) is 61.9 Å². The number of rotatable bonds is 9. The molecule has 32 heavy (non-hydrogen) atoms. The normalized spacial score (nSPS) is 21.7. The third-order valence-electron chi connectivity index (χ3n) is 8.37. The van der Waals surface area contributed by atoms with Crippen molar-refractivity contribution in [2.75, 3.05) is 45.2 Å². The van der Waals surface area contributed by atoms with Crippen LogP contribution in [0.25, 0.3) is 10.9 Å². The van der Waals surface area contributed by atoms with Gasteiger partial charge in [-0.05, 0) is 87.3 Å². The number of hydrogen-bond acceptors (Lipinski definition) is 5. The minimum Gasteiger partial charge on any atom is -0.493 e. The fourth-order valence-corrected chi connectivity index (χ4v) is 6.09. The third kappa shape index (κ3) is 3.93. The summed E-state index contributed by atoms with van der Waals surface area (Å²) in [6.45, 7) is 5.51. The van der Waals surface area contributed by atoms with Crippen LogP contribution in [0.15, 0.2) is 12.1 Å². The Kier molecular flexibility index (Phi) is 5.41. The van der Waals surface area contributed by atoms with Crippen LogP contribution >= 0.6 is 0 Å². The first-order valence-corrected chi connectivity index (χ1v) is 12.9. The average Bonchev–Trinajstić information content (AvgIpc) is 3.30. The Hall–Kier alpha value is -2.01. The Bertz CT molecular complexity index is 996. The molecule has 2 heterocycles. The van der Waals surface area contributed by atoms with Crippen molar-refractivity contribution in [1.29, 1.82) is 0 Å². The van der Waals surface area contributed by atoms with Gasteiger partial charge in [-0.15, -0.1) is 0 Å². The lowest BCUT2D eigenvalue weighted by atomic mass is 9.68. The molecule has 3 aliphatic carbocycles. The molecular weight excluding hydrogens is 398 g/mol. The van der Waals surface area contributed by atoms with Gasteiger partial charge in [0, 0.05) is 42.5 Å². The highest BCUT2D eigenvalue weighted by Gasteiger charge is 2.42. The quantitative estimate of drug-likeness (QED) is 0.549. The average molecular weight is 436 g/mol. The molecule has 172 valence electrons. The van der Waals surface area contributed by atoms with Crippen molar-refractivity contribution >= 4 is 16.6 Å². The molecular formula is C27H37N3O2. The highest BCUT2D eigenvalue weighted by molar-refractivity contribution is 5.96. The number of nitrogens with one attached hydrogen (secondary N) is 1. The van der Waals surface area contributed by atoms with Crippen LogP contribution in [0.3, 0.4) is 0 Å². The zero-order chi connectivity index (χ0) is 21.5. The number of methoxy groups -OCH3 is 1. The van der Waals surface area contributed by atoms with Crippen molar-refractivity contribution in [3.8, 4) is 11.5 Å². The predicted octanol–water partition coefficient (Wildman–Crippen LogP) is 5.20. The lowest BCUT2D eigenvalue weighted by Crippen LogP contribution is -2.33. The number of likely N-dealkylation sites (tertiary alicyclic amines) is 1. The molecule has 1 aromatic carbocycles. The molecule has 1 aromatic heterocycles. The third-order valence-corrected chi connectivity index (χ3v) is 8.37.